The number of amides is 1. The normalized spacial score (nSPS) is 21.6. The molecule has 2 N–H and O–H groups in total. The van der Waals surface area contributed by atoms with Gasteiger partial charge in [0.1, 0.15) is 18.2 Å². The molecule has 194 valence electrons. The first-order valence-electron chi connectivity index (χ1n) is 12.9. The maximum atomic E-state index is 12.6. The summed E-state index contributed by atoms with van der Waals surface area (Å²) in [5.41, 5.74) is 7.65. The van der Waals surface area contributed by atoms with Gasteiger partial charge in [0, 0.05) is 37.1 Å². The molecule has 0 radical (unpaired) electrons. The number of fused-ring (bicyclic) bond motifs is 1. The van der Waals surface area contributed by atoms with Gasteiger partial charge in [-0.05, 0) is 56.6 Å². The number of rotatable bonds is 9. The second-order valence-corrected chi connectivity index (χ2v) is 10.1. The molecule has 1 aromatic heterocycles. The molecule has 1 amide bonds. The van der Waals surface area contributed by atoms with Crippen LogP contribution in [0.15, 0.2) is 54.6 Å². The van der Waals surface area contributed by atoms with Crippen molar-refractivity contribution in [2.45, 2.75) is 26.4 Å². The number of carbonyl (C=O) groups excluding carboxylic acids is 2. The molecule has 1 aliphatic carbocycles. The van der Waals surface area contributed by atoms with Gasteiger partial charge in [0.25, 0.3) is 0 Å². The van der Waals surface area contributed by atoms with Crippen molar-refractivity contribution in [3.05, 3.63) is 65.7 Å². The van der Waals surface area contributed by atoms with Crippen molar-refractivity contribution in [2.24, 2.45) is 17.1 Å². The van der Waals surface area contributed by atoms with Crippen LogP contribution in [0.4, 0.5) is 5.82 Å². The fourth-order valence-electron chi connectivity index (χ4n) is 5.22. The zero-order chi connectivity index (χ0) is 26.0. The molecule has 8 heteroatoms. The summed E-state index contributed by atoms with van der Waals surface area (Å²) < 4.78 is 11.4. The summed E-state index contributed by atoms with van der Waals surface area (Å²) in [6.07, 6.45) is 0.854. The van der Waals surface area contributed by atoms with E-state index in [2.05, 4.69) is 29.0 Å². The molecule has 2 aliphatic rings. The summed E-state index contributed by atoms with van der Waals surface area (Å²) in [6.45, 7) is 6.40. The van der Waals surface area contributed by atoms with Crippen molar-refractivity contribution < 1.29 is 19.1 Å². The Morgan fingerprint density at radius 1 is 1.08 bits per heavy atom. The summed E-state index contributed by atoms with van der Waals surface area (Å²) in [6, 6.07) is 18.0. The topological polar surface area (TPSA) is 98.0 Å². The molecule has 2 atom stereocenters. The summed E-state index contributed by atoms with van der Waals surface area (Å²) in [5.74, 6) is 0.446. The molecule has 0 spiro atoms. The smallest absolute Gasteiger partial charge is 0.313 e. The van der Waals surface area contributed by atoms with Gasteiger partial charge in [-0.25, -0.2) is 4.98 Å². The number of likely N-dealkylation sites (N-methyl/N-ethyl adjacent to an activating group) is 1. The van der Waals surface area contributed by atoms with Crippen LogP contribution in [-0.2, 0) is 27.4 Å². The summed E-state index contributed by atoms with van der Waals surface area (Å²) in [5, 5.41) is 1.08. The highest BCUT2D eigenvalue weighted by molar-refractivity contribution is 5.93. The van der Waals surface area contributed by atoms with Gasteiger partial charge >= 0.3 is 5.97 Å². The van der Waals surface area contributed by atoms with E-state index in [4.69, 9.17) is 20.2 Å². The first kappa shape index (κ1) is 25.0. The second kappa shape index (κ2) is 10.4. The lowest BCUT2D eigenvalue weighted by Gasteiger charge is -2.33. The third-order valence-corrected chi connectivity index (χ3v) is 7.55. The largest absolute Gasteiger partial charge is 0.489 e. The highest BCUT2D eigenvalue weighted by Crippen LogP contribution is 2.55. The molecule has 37 heavy (non-hydrogen) atoms. The van der Waals surface area contributed by atoms with Gasteiger partial charge in [-0.3, -0.25) is 9.59 Å². The predicted molar refractivity (Wildman–Crippen MR) is 142 cm³/mol. The third kappa shape index (κ3) is 5.25. The Hall–Kier alpha value is -3.65. The maximum Gasteiger partial charge on any atom is 0.313 e. The highest BCUT2D eigenvalue weighted by atomic mass is 16.5. The van der Waals surface area contributed by atoms with E-state index in [1.54, 1.807) is 6.92 Å². The molecular formula is C29H34N4O4. The number of piperazine rings is 1. The van der Waals surface area contributed by atoms with E-state index in [9.17, 15) is 9.59 Å². The van der Waals surface area contributed by atoms with Gasteiger partial charge < -0.3 is 25.0 Å². The van der Waals surface area contributed by atoms with Gasteiger partial charge in [-0.15, -0.1) is 0 Å². The summed E-state index contributed by atoms with van der Waals surface area (Å²) in [4.78, 5) is 33.9. The van der Waals surface area contributed by atoms with Crippen molar-refractivity contribution in [1.29, 1.82) is 0 Å². The lowest BCUT2D eigenvalue weighted by molar-refractivity contribution is -0.151. The number of pyridine rings is 1. The van der Waals surface area contributed by atoms with Crippen LogP contribution in [0, 0.1) is 11.3 Å². The predicted octanol–water partition coefficient (Wildman–Crippen LogP) is 3.16. The number of hydrogen-bond acceptors (Lipinski definition) is 7. The Morgan fingerprint density at radius 2 is 1.81 bits per heavy atom. The minimum absolute atomic E-state index is 0.277. The zero-order valence-corrected chi connectivity index (χ0v) is 21.5. The number of nitrogens with two attached hydrogens (primary N) is 1. The van der Waals surface area contributed by atoms with Gasteiger partial charge in [0.2, 0.25) is 5.91 Å². The molecule has 2 aromatic carbocycles. The third-order valence-electron chi connectivity index (χ3n) is 7.55. The number of primary amides is 1. The first-order chi connectivity index (χ1) is 17.9. The first-order valence-corrected chi connectivity index (χ1v) is 12.9. The number of ether oxygens (including phenoxy) is 2. The lowest BCUT2D eigenvalue weighted by Crippen LogP contribution is -2.44. The fourth-order valence-corrected chi connectivity index (χ4v) is 5.22. The van der Waals surface area contributed by atoms with Crippen LogP contribution in [0.1, 0.15) is 24.5 Å². The monoisotopic (exact) mass is 502 g/mol. The van der Waals surface area contributed by atoms with Gasteiger partial charge in [0.15, 0.2) is 0 Å². The van der Waals surface area contributed by atoms with E-state index in [0.29, 0.717) is 19.4 Å². The quantitative estimate of drug-likeness (QED) is 0.449. The Bertz CT molecular complexity index is 1290. The van der Waals surface area contributed by atoms with Gasteiger partial charge in [-0.1, -0.05) is 30.3 Å². The van der Waals surface area contributed by atoms with Crippen LogP contribution < -0.4 is 15.4 Å². The number of para-hydroxylation sites is 1. The maximum absolute atomic E-state index is 12.6. The van der Waals surface area contributed by atoms with E-state index in [0.717, 1.165) is 59.8 Å². The molecule has 0 unspecified atom stereocenters. The van der Waals surface area contributed by atoms with E-state index in [-0.39, 0.29) is 12.6 Å². The Balaban J connectivity index is 1.29. The van der Waals surface area contributed by atoms with Crippen molar-refractivity contribution in [3.63, 3.8) is 0 Å². The molecule has 3 aromatic rings. The number of nitrogens with zero attached hydrogens (tertiary/aromatic N) is 3. The Kier molecular flexibility index (Phi) is 7.02. The average molecular weight is 503 g/mol. The van der Waals surface area contributed by atoms with E-state index < -0.39 is 17.2 Å². The molecule has 2 fully saturated rings. The highest BCUT2D eigenvalue weighted by Gasteiger charge is 2.63. The number of anilines is 1. The molecule has 5 rings (SSSR count). The van der Waals surface area contributed by atoms with Gasteiger partial charge in [-0.2, -0.15) is 0 Å². The zero-order valence-electron chi connectivity index (χ0n) is 21.5. The van der Waals surface area contributed by atoms with E-state index in [1.165, 1.54) is 0 Å². The standard InChI is InChI=1S/C29H34N4O4/c1-3-36-28(35)29(18-24(29)27(30)34)17-20-8-10-22(11-9-20)37-19-21-16-26(33-14-12-32(2)13-15-33)31-25-7-5-4-6-23(21)25/h4-11,16,24H,3,12-15,17-19H2,1-2H3,(H2,30,34)/t24-,29+/m1/s1. The van der Waals surface area contributed by atoms with Crippen molar-refractivity contribution in [2.75, 3.05) is 44.7 Å². The fraction of sp³-hybridized carbons (Fsp3) is 0.414. The lowest BCUT2D eigenvalue weighted by atomic mass is 9.93. The van der Waals surface area contributed by atoms with Crippen LogP contribution >= 0.6 is 0 Å². The van der Waals surface area contributed by atoms with Crippen molar-refractivity contribution in [3.8, 4) is 5.75 Å². The van der Waals surface area contributed by atoms with Crippen molar-refractivity contribution in [1.82, 2.24) is 9.88 Å². The minimum atomic E-state index is -0.847. The number of hydrogen-bond donors (Lipinski definition) is 1. The Labute approximate surface area is 217 Å². The summed E-state index contributed by atoms with van der Waals surface area (Å²) in [7, 11) is 2.15. The van der Waals surface area contributed by atoms with Crippen molar-refractivity contribution >= 4 is 28.6 Å². The van der Waals surface area contributed by atoms with E-state index in [1.807, 2.05) is 42.5 Å². The molecule has 1 aliphatic heterocycles. The second-order valence-electron chi connectivity index (χ2n) is 10.1. The summed E-state index contributed by atoms with van der Waals surface area (Å²) >= 11 is 0. The molecule has 1 saturated heterocycles. The SMILES string of the molecule is CCOC(=O)[C@@]1(Cc2ccc(OCc3cc(N4CCN(C)CC4)nc4ccccc34)cc2)C[C@@H]1C(N)=O. The number of benzene rings is 2. The molecular weight excluding hydrogens is 468 g/mol. The van der Waals surface area contributed by atoms with E-state index >= 15 is 0 Å². The van der Waals surface area contributed by atoms with Gasteiger partial charge in [0.05, 0.1) is 23.5 Å². The van der Waals surface area contributed by atoms with Crippen LogP contribution in [-0.4, -0.2) is 61.6 Å². The Morgan fingerprint density at radius 3 is 2.49 bits per heavy atom. The molecule has 0 bridgehead atoms. The number of aromatic nitrogens is 1. The molecule has 2 heterocycles. The molecule has 1 saturated carbocycles. The molecule has 8 nitrogen and oxygen atoms in total. The van der Waals surface area contributed by atoms with Crippen LogP contribution in [0.2, 0.25) is 0 Å². The number of carbonyl (C=O) groups is 2. The van der Waals surface area contributed by atoms with Crippen LogP contribution in [0.3, 0.4) is 0 Å². The average Bonchev–Trinajstić information content (AvgIpc) is 3.64. The number of esters is 1. The van der Waals surface area contributed by atoms with Crippen LogP contribution in [0.5, 0.6) is 5.75 Å². The van der Waals surface area contributed by atoms with Crippen LogP contribution in [0.25, 0.3) is 10.9 Å². The minimum Gasteiger partial charge on any atom is -0.489 e.